The first-order valence-corrected chi connectivity index (χ1v) is 17.1. The molecule has 0 aliphatic rings. The van der Waals surface area contributed by atoms with Crippen molar-refractivity contribution in [2.75, 3.05) is 45.8 Å². The van der Waals surface area contributed by atoms with Crippen molar-refractivity contribution >= 4 is 27.5 Å². The molecule has 260 valence electrons. The minimum Gasteiger partial charge on any atom is -0.497 e. The zero-order chi connectivity index (χ0) is 35.6. The molecule has 4 aromatic carbocycles. The lowest BCUT2D eigenvalue weighted by atomic mass is 10.0. The minimum atomic E-state index is -4.48. The number of nitrogens with one attached hydrogen (secondary N) is 1. The Labute approximate surface area is 288 Å². The lowest BCUT2D eigenvalue weighted by Crippen LogP contribution is -2.53. The van der Waals surface area contributed by atoms with Crippen LogP contribution in [0.4, 0.5) is 5.69 Å². The topological polar surface area (TPSA) is 124 Å². The van der Waals surface area contributed by atoms with Crippen molar-refractivity contribution in [1.82, 2.24) is 10.2 Å². The molecule has 0 aromatic heterocycles. The molecule has 1 N–H and O–H groups in total. The molecule has 2 amide bonds. The van der Waals surface area contributed by atoms with Gasteiger partial charge in [0.05, 0.1) is 39.0 Å². The van der Waals surface area contributed by atoms with Gasteiger partial charge in [0.2, 0.25) is 11.8 Å². The Morgan fingerprint density at radius 3 is 2.02 bits per heavy atom. The van der Waals surface area contributed by atoms with Gasteiger partial charge in [0.25, 0.3) is 10.0 Å². The molecular formula is C37H43N3O8S. The number of rotatable bonds is 16. The fourth-order valence-electron chi connectivity index (χ4n) is 5.35. The predicted octanol–water partition coefficient (Wildman–Crippen LogP) is 5.00. The molecule has 4 aromatic rings. The number of hydrogen-bond donors (Lipinski definition) is 1. The van der Waals surface area contributed by atoms with Crippen LogP contribution in [0.1, 0.15) is 23.6 Å². The van der Waals surface area contributed by atoms with Crippen LogP contribution in [-0.2, 0) is 32.6 Å². The zero-order valence-electron chi connectivity index (χ0n) is 28.6. The van der Waals surface area contributed by atoms with Crippen LogP contribution in [0, 0.1) is 6.92 Å². The van der Waals surface area contributed by atoms with Gasteiger partial charge in [0.1, 0.15) is 24.1 Å². The normalized spacial score (nSPS) is 11.6. The highest BCUT2D eigenvalue weighted by atomic mass is 32.2. The van der Waals surface area contributed by atoms with E-state index in [1.165, 1.54) is 57.6 Å². The molecule has 0 radical (unpaired) electrons. The summed E-state index contributed by atoms with van der Waals surface area (Å²) in [5.41, 5.74) is 2.71. The monoisotopic (exact) mass is 689 g/mol. The van der Waals surface area contributed by atoms with Gasteiger partial charge in [-0.05, 0) is 49.2 Å². The summed E-state index contributed by atoms with van der Waals surface area (Å²) < 4.78 is 51.9. The molecule has 0 aliphatic heterocycles. The van der Waals surface area contributed by atoms with Crippen molar-refractivity contribution in [2.45, 2.75) is 37.8 Å². The van der Waals surface area contributed by atoms with Crippen molar-refractivity contribution in [2.24, 2.45) is 0 Å². The molecule has 0 heterocycles. The highest BCUT2D eigenvalue weighted by molar-refractivity contribution is 7.92. The maximum Gasteiger partial charge on any atom is 0.265 e. The van der Waals surface area contributed by atoms with Gasteiger partial charge in [0, 0.05) is 31.6 Å². The molecule has 11 nitrogen and oxygen atoms in total. The smallest absolute Gasteiger partial charge is 0.265 e. The van der Waals surface area contributed by atoms with E-state index in [0.717, 1.165) is 21.0 Å². The van der Waals surface area contributed by atoms with E-state index in [1.807, 2.05) is 61.5 Å². The Hall–Kier alpha value is -5.23. The summed E-state index contributed by atoms with van der Waals surface area (Å²) in [6, 6.07) is 24.9. The lowest BCUT2D eigenvalue weighted by Gasteiger charge is -2.34. The number of likely N-dealkylation sites (N-methyl/N-ethyl adjacent to an activating group) is 1. The maximum absolute atomic E-state index is 14.7. The van der Waals surface area contributed by atoms with Crippen molar-refractivity contribution in [1.29, 1.82) is 0 Å². The van der Waals surface area contributed by atoms with E-state index in [4.69, 9.17) is 18.9 Å². The summed E-state index contributed by atoms with van der Waals surface area (Å²) in [5.74, 6) is 0.0798. The van der Waals surface area contributed by atoms with Gasteiger partial charge in [0.15, 0.2) is 11.5 Å². The number of carbonyl (C=O) groups is 2. The molecule has 4 rings (SSSR count). The highest BCUT2D eigenvalue weighted by Gasteiger charge is 2.36. The van der Waals surface area contributed by atoms with E-state index >= 15 is 0 Å². The van der Waals surface area contributed by atoms with E-state index in [-0.39, 0.29) is 41.0 Å². The third-order valence-corrected chi connectivity index (χ3v) is 9.73. The first-order valence-electron chi connectivity index (χ1n) is 15.7. The van der Waals surface area contributed by atoms with Gasteiger partial charge in [-0.2, -0.15) is 0 Å². The van der Waals surface area contributed by atoms with E-state index < -0.39 is 28.5 Å². The number of benzene rings is 4. The first kappa shape index (κ1) is 36.6. The average Bonchev–Trinajstić information content (AvgIpc) is 3.12. The van der Waals surface area contributed by atoms with Gasteiger partial charge in [-0.3, -0.25) is 13.9 Å². The highest BCUT2D eigenvalue weighted by Crippen LogP contribution is 2.38. The number of carbonyl (C=O) groups excluding carboxylic acids is 2. The Morgan fingerprint density at radius 2 is 1.41 bits per heavy atom. The lowest BCUT2D eigenvalue weighted by molar-refractivity contribution is -0.140. The van der Waals surface area contributed by atoms with Gasteiger partial charge in [-0.25, -0.2) is 8.42 Å². The van der Waals surface area contributed by atoms with E-state index in [1.54, 1.807) is 19.1 Å². The third kappa shape index (κ3) is 8.82. The van der Waals surface area contributed by atoms with E-state index in [0.29, 0.717) is 18.0 Å². The van der Waals surface area contributed by atoms with Crippen LogP contribution in [0.5, 0.6) is 23.0 Å². The molecule has 49 heavy (non-hydrogen) atoms. The summed E-state index contributed by atoms with van der Waals surface area (Å²) in [4.78, 5) is 29.7. The summed E-state index contributed by atoms with van der Waals surface area (Å²) in [5, 5.41) is 2.87. The Bertz CT molecular complexity index is 1830. The van der Waals surface area contributed by atoms with Gasteiger partial charge in [-0.1, -0.05) is 60.2 Å². The summed E-state index contributed by atoms with van der Waals surface area (Å²) in [7, 11) is 1.23. The second kappa shape index (κ2) is 16.7. The number of ether oxygens (including phenoxy) is 4. The Kier molecular flexibility index (Phi) is 12.5. The summed E-state index contributed by atoms with van der Waals surface area (Å²) in [6.45, 7) is 3.48. The quantitative estimate of drug-likeness (QED) is 0.174. The number of hydrogen-bond acceptors (Lipinski definition) is 8. The van der Waals surface area contributed by atoms with Crippen LogP contribution in [0.2, 0.25) is 0 Å². The SMILES string of the molecule is CCNC(=O)[C@@H](Cc1ccccc1)N(Cc1ccc(C)cc1)C(=O)CN(c1cc(OC)ccc1OC)S(=O)(=O)c1ccc(OC)c(OC)c1. The molecule has 1 atom stereocenters. The number of nitrogens with zero attached hydrogens (tertiary/aromatic N) is 2. The molecular weight excluding hydrogens is 646 g/mol. The van der Waals surface area contributed by atoms with Gasteiger partial charge in [-0.15, -0.1) is 0 Å². The number of amides is 2. The second-order valence-corrected chi connectivity index (χ2v) is 13.0. The maximum atomic E-state index is 14.7. The number of sulfonamides is 1. The molecule has 0 saturated carbocycles. The zero-order valence-corrected chi connectivity index (χ0v) is 29.5. The molecule has 0 aliphatic carbocycles. The van der Waals surface area contributed by atoms with Gasteiger partial charge >= 0.3 is 0 Å². The van der Waals surface area contributed by atoms with Crippen LogP contribution < -0.4 is 28.6 Å². The Balaban J connectivity index is 1.89. The van der Waals surface area contributed by atoms with Gasteiger partial charge < -0.3 is 29.2 Å². The van der Waals surface area contributed by atoms with Crippen molar-refractivity contribution < 1.29 is 37.0 Å². The minimum absolute atomic E-state index is 0.0488. The number of aryl methyl sites for hydroxylation is 1. The summed E-state index contributed by atoms with van der Waals surface area (Å²) in [6.07, 6.45) is 0.204. The predicted molar refractivity (Wildman–Crippen MR) is 188 cm³/mol. The van der Waals surface area contributed by atoms with Crippen LogP contribution >= 0.6 is 0 Å². The standard InChI is InChI=1S/C37H43N3O8S/c1-7-38-37(42)32(21-27-11-9-8-10-12-27)39(24-28-15-13-26(2)14-16-28)36(41)25-40(31-22-29(45-3)17-19-33(31)46-4)49(43,44)30-18-20-34(47-5)35(23-30)48-6/h8-20,22-23,32H,7,21,24-25H2,1-6H3,(H,38,42)/t32-/m1/s1. The fourth-order valence-corrected chi connectivity index (χ4v) is 6.78. The van der Waals surface area contributed by atoms with Crippen molar-refractivity contribution in [3.8, 4) is 23.0 Å². The average molecular weight is 690 g/mol. The largest absolute Gasteiger partial charge is 0.497 e. The van der Waals surface area contributed by atoms with Crippen LogP contribution in [-0.4, -0.2) is 72.7 Å². The van der Waals surface area contributed by atoms with E-state index in [2.05, 4.69) is 5.32 Å². The van der Waals surface area contributed by atoms with Crippen molar-refractivity contribution in [3.63, 3.8) is 0 Å². The fraction of sp³-hybridized carbons (Fsp3) is 0.297. The molecule has 0 fully saturated rings. The number of methoxy groups -OCH3 is 4. The summed E-state index contributed by atoms with van der Waals surface area (Å²) >= 11 is 0. The molecule has 0 bridgehead atoms. The third-order valence-electron chi connectivity index (χ3n) is 7.97. The van der Waals surface area contributed by atoms with E-state index in [9.17, 15) is 18.0 Å². The van der Waals surface area contributed by atoms with Crippen LogP contribution in [0.3, 0.4) is 0 Å². The molecule has 0 saturated heterocycles. The van der Waals surface area contributed by atoms with Crippen LogP contribution in [0.15, 0.2) is 95.9 Å². The first-order chi connectivity index (χ1) is 23.6. The second-order valence-electron chi connectivity index (χ2n) is 11.2. The molecule has 0 spiro atoms. The number of anilines is 1. The Morgan fingerprint density at radius 1 is 0.755 bits per heavy atom. The van der Waals surface area contributed by atoms with Crippen molar-refractivity contribution in [3.05, 3.63) is 108 Å². The molecule has 12 heteroatoms. The van der Waals surface area contributed by atoms with Crippen LogP contribution in [0.25, 0.3) is 0 Å². The molecule has 0 unspecified atom stereocenters.